The van der Waals surface area contributed by atoms with Gasteiger partial charge in [0.05, 0.1) is 17.8 Å². The van der Waals surface area contributed by atoms with E-state index in [9.17, 15) is 4.79 Å². The minimum Gasteiger partial charge on any atom is -0.316 e. The van der Waals surface area contributed by atoms with Crippen molar-refractivity contribution in [2.45, 2.75) is 46.7 Å². The van der Waals surface area contributed by atoms with Crippen LogP contribution >= 0.6 is 11.3 Å². The maximum atomic E-state index is 12.9. The average molecular weight is 317 g/mol. The van der Waals surface area contributed by atoms with Crippen LogP contribution in [0.2, 0.25) is 0 Å². The van der Waals surface area contributed by atoms with Crippen molar-refractivity contribution in [1.82, 2.24) is 24.3 Å². The lowest BCUT2D eigenvalue weighted by Gasteiger charge is -2.14. The second kappa shape index (κ2) is 5.64. The number of aryl methyl sites for hydroxylation is 3. The summed E-state index contributed by atoms with van der Waals surface area (Å²) >= 11 is 1.59. The van der Waals surface area contributed by atoms with Gasteiger partial charge in [0.15, 0.2) is 5.82 Å². The summed E-state index contributed by atoms with van der Waals surface area (Å²) in [5.74, 6) is 0.774. The summed E-state index contributed by atoms with van der Waals surface area (Å²) in [6, 6.07) is -0.197. The van der Waals surface area contributed by atoms with Crippen LogP contribution in [0.4, 0.5) is 0 Å². The number of fused-ring (bicyclic) bond motifs is 1. The molecule has 0 bridgehead atoms. The van der Waals surface area contributed by atoms with E-state index in [-0.39, 0.29) is 11.6 Å². The third kappa shape index (κ3) is 2.16. The van der Waals surface area contributed by atoms with Crippen molar-refractivity contribution in [2.24, 2.45) is 0 Å². The lowest BCUT2D eigenvalue weighted by Crippen LogP contribution is -2.26. The molecule has 1 atom stereocenters. The number of hydrogen-bond donors (Lipinski definition) is 0. The summed E-state index contributed by atoms with van der Waals surface area (Å²) in [5.41, 5.74) is 1.11. The van der Waals surface area contributed by atoms with Crippen LogP contribution in [0.5, 0.6) is 0 Å². The highest BCUT2D eigenvalue weighted by atomic mass is 32.1. The Morgan fingerprint density at radius 3 is 2.77 bits per heavy atom. The largest absolute Gasteiger partial charge is 0.316 e. The van der Waals surface area contributed by atoms with E-state index in [0.29, 0.717) is 0 Å². The van der Waals surface area contributed by atoms with Crippen LogP contribution in [0.15, 0.2) is 17.4 Å². The molecule has 0 aliphatic carbocycles. The Labute approximate surface area is 132 Å². The van der Waals surface area contributed by atoms with E-state index in [0.717, 1.165) is 34.6 Å². The van der Waals surface area contributed by atoms with Gasteiger partial charge in [-0.15, -0.1) is 21.5 Å². The predicted octanol–water partition coefficient (Wildman–Crippen LogP) is 2.55. The zero-order valence-corrected chi connectivity index (χ0v) is 14.0. The Morgan fingerprint density at radius 2 is 2.09 bits per heavy atom. The number of aromatic nitrogens is 5. The molecular formula is C15H19N5OS. The lowest BCUT2D eigenvalue weighted by atomic mass is 10.1. The van der Waals surface area contributed by atoms with Crippen LogP contribution in [-0.2, 0) is 13.0 Å². The molecule has 3 rings (SSSR count). The summed E-state index contributed by atoms with van der Waals surface area (Å²) in [6.07, 6.45) is 4.15. The molecule has 0 amide bonds. The van der Waals surface area contributed by atoms with Crippen LogP contribution < -0.4 is 5.56 Å². The van der Waals surface area contributed by atoms with Gasteiger partial charge >= 0.3 is 0 Å². The Balaban J connectivity index is 2.20. The van der Waals surface area contributed by atoms with E-state index in [1.807, 2.05) is 25.3 Å². The van der Waals surface area contributed by atoms with Crippen LogP contribution in [0.25, 0.3) is 10.2 Å². The minimum absolute atomic E-state index is 0.00403. The molecule has 22 heavy (non-hydrogen) atoms. The molecule has 0 spiro atoms. The van der Waals surface area contributed by atoms with Gasteiger partial charge in [0, 0.05) is 11.4 Å². The van der Waals surface area contributed by atoms with Gasteiger partial charge in [0.1, 0.15) is 11.2 Å². The molecule has 0 aliphatic rings. The molecule has 0 N–H and O–H groups in total. The summed E-state index contributed by atoms with van der Waals surface area (Å²) in [6.45, 7) is 8.88. The van der Waals surface area contributed by atoms with Gasteiger partial charge in [-0.1, -0.05) is 6.92 Å². The van der Waals surface area contributed by atoms with Crippen molar-refractivity contribution in [1.29, 1.82) is 0 Å². The second-order valence-electron chi connectivity index (χ2n) is 5.28. The van der Waals surface area contributed by atoms with Crippen LogP contribution in [0.3, 0.4) is 0 Å². The van der Waals surface area contributed by atoms with Gasteiger partial charge < -0.3 is 4.57 Å². The number of thiophene rings is 1. The molecule has 6 nitrogen and oxygen atoms in total. The third-order valence-electron chi connectivity index (χ3n) is 4.07. The average Bonchev–Trinajstić information content (AvgIpc) is 3.10. The molecular weight excluding hydrogens is 298 g/mol. The summed E-state index contributed by atoms with van der Waals surface area (Å²) in [7, 11) is 0. The van der Waals surface area contributed by atoms with Crippen molar-refractivity contribution in [3.05, 3.63) is 39.3 Å². The fourth-order valence-electron chi connectivity index (χ4n) is 2.83. The van der Waals surface area contributed by atoms with E-state index in [1.54, 1.807) is 28.6 Å². The van der Waals surface area contributed by atoms with Gasteiger partial charge in [-0.25, -0.2) is 4.98 Å². The third-order valence-corrected chi connectivity index (χ3v) is 5.12. The lowest BCUT2D eigenvalue weighted by molar-refractivity contribution is 0.537. The fraction of sp³-hybridized carbons (Fsp3) is 0.467. The highest BCUT2D eigenvalue weighted by Gasteiger charge is 2.20. The molecule has 0 saturated heterocycles. The fourth-order valence-corrected chi connectivity index (χ4v) is 3.90. The van der Waals surface area contributed by atoms with Gasteiger partial charge in [-0.2, -0.15) is 0 Å². The number of rotatable bonds is 4. The maximum Gasteiger partial charge on any atom is 0.263 e. The zero-order valence-electron chi connectivity index (χ0n) is 13.2. The van der Waals surface area contributed by atoms with Gasteiger partial charge in [-0.05, 0) is 32.8 Å². The van der Waals surface area contributed by atoms with Crippen molar-refractivity contribution in [2.75, 3.05) is 0 Å². The summed E-state index contributed by atoms with van der Waals surface area (Å²) in [4.78, 5) is 19.4. The first kappa shape index (κ1) is 14.9. The highest BCUT2D eigenvalue weighted by molar-refractivity contribution is 7.18. The Morgan fingerprint density at radius 1 is 1.32 bits per heavy atom. The van der Waals surface area contributed by atoms with E-state index in [2.05, 4.69) is 22.1 Å². The zero-order chi connectivity index (χ0) is 15.9. The molecule has 0 saturated carbocycles. The smallest absolute Gasteiger partial charge is 0.263 e. The van der Waals surface area contributed by atoms with Crippen LogP contribution in [0, 0.1) is 6.92 Å². The van der Waals surface area contributed by atoms with Crippen LogP contribution in [-0.4, -0.2) is 24.3 Å². The molecule has 7 heteroatoms. The number of hydrogen-bond acceptors (Lipinski definition) is 5. The Hall–Kier alpha value is -2.02. The van der Waals surface area contributed by atoms with Crippen molar-refractivity contribution in [3.8, 4) is 0 Å². The summed E-state index contributed by atoms with van der Waals surface area (Å²) < 4.78 is 3.60. The van der Waals surface area contributed by atoms with Gasteiger partial charge in [0.2, 0.25) is 0 Å². The topological polar surface area (TPSA) is 65.6 Å². The van der Waals surface area contributed by atoms with E-state index < -0.39 is 0 Å². The molecule has 116 valence electrons. The van der Waals surface area contributed by atoms with Crippen molar-refractivity contribution >= 4 is 21.6 Å². The molecule has 3 heterocycles. The SMILES string of the molecule is CCc1c(C)sc2ncn([C@H](C)c3nncn3CC)c(=O)c12. The molecule has 0 aromatic carbocycles. The van der Waals surface area contributed by atoms with E-state index in [1.165, 1.54) is 4.88 Å². The molecule has 0 fully saturated rings. The standard InChI is InChI=1S/C15H19N5OS/c1-5-11-10(4)22-14-12(11)15(21)20(7-16-14)9(3)13-18-17-8-19(13)6-2/h7-9H,5-6H2,1-4H3/t9-/m1/s1. The van der Waals surface area contributed by atoms with Gasteiger partial charge in [0.25, 0.3) is 5.56 Å². The van der Waals surface area contributed by atoms with E-state index >= 15 is 0 Å². The first-order chi connectivity index (χ1) is 10.6. The van der Waals surface area contributed by atoms with Gasteiger partial charge in [-0.3, -0.25) is 9.36 Å². The second-order valence-corrected chi connectivity index (χ2v) is 6.48. The monoisotopic (exact) mass is 317 g/mol. The first-order valence-electron chi connectivity index (χ1n) is 7.45. The highest BCUT2D eigenvalue weighted by Crippen LogP contribution is 2.27. The first-order valence-corrected chi connectivity index (χ1v) is 8.26. The molecule has 0 aliphatic heterocycles. The Bertz CT molecular complexity index is 876. The normalized spacial score (nSPS) is 12.9. The predicted molar refractivity (Wildman–Crippen MR) is 87.5 cm³/mol. The molecule has 0 radical (unpaired) electrons. The molecule has 3 aromatic rings. The number of nitrogens with zero attached hydrogens (tertiary/aromatic N) is 5. The summed E-state index contributed by atoms with van der Waals surface area (Å²) in [5, 5.41) is 8.86. The maximum absolute atomic E-state index is 12.9. The van der Waals surface area contributed by atoms with Crippen molar-refractivity contribution in [3.63, 3.8) is 0 Å². The Kier molecular flexibility index (Phi) is 3.82. The van der Waals surface area contributed by atoms with Crippen LogP contribution in [0.1, 0.15) is 43.1 Å². The van der Waals surface area contributed by atoms with Crippen molar-refractivity contribution < 1.29 is 0 Å². The van der Waals surface area contributed by atoms with E-state index in [4.69, 9.17) is 0 Å². The molecule has 3 aromatic heterocycles. The minimum atomic E-state index is -0.197. The quantitative estimate of drug-likeness (QED) is 0.742. The molecule has 0 unspecified atom stereocenters.